The van der Waals surface area contributed by atoms with Gasteiger partial charge >= 0.3 is 39.5 Å². The minimum absolute atomic E-state index is 0.106. The van der Waals surface area contributed by atoms with Crippen LogP contribution in [0.2, 0.25) is 0 Å². The molecule has 0 aromatic heterocycles. The van der Waals surface area contributed by atoms with Gasteiger partial charge in [-0.05, 0) is 43.4 Å². The van der Waals surface area contributed by atoms with E-state index < -0.39 is 97.5 Å². The lowest BCUT2D eigenvalue weighted by molar-refractivity contribution is -0.161. The molecular formula is C82H160O17P2. The van der Waals surface area contributed by atoms with Crippen molar-refractivity contribution in [2.24, 2.45) is 17.8 Å². The van der Waals surface area contributed by atoms with E-state index in [4.69, 9.17) is 37.0 Å². The zero-order chi connectivity index (χ0) is 74.4. The predicted molar refractivity (Wildman–Crippen MR) is 414 cm³/mol. The second kappa shape index (κ2) is 72.3. The van der Waals surface area contributed by atoms with Crippen LogP contribution < -0.4 is 0 Å². The summed E-state index contributed by atoms with van der Waals surface area (Å²) in [5.41, 5.74) is 0. The highest BCUT2D eigenvalue weighted by Gasteiger charge is 2.30. The number of phosphoric acid groups is 2. The molecule has 3 N–H and O–H groups in total. The maximum atomic E-state index is 13.1. The van der Waals surface area contributed by atoms with Crippen molar-refractivity contribution >= 4 is 39.5 Å². The van der Waals surface area contributed by atoms with E-state index in [9.17, 15) is 43.2 Å². The molecule has 0 aliphatic carbocycles. The Kier molecular flexibility index (Phi) is 70.9. The molecule has 101 heavy (non-hydrogen) atoms. The molecule has 3 unspecified atom stereocenters. The van der Waals surface area contributed by atoms with Crippen LogP contribution in [0.4, 0.5) is 0 Å². The van der Waals surface area contributed by atoms with Gasteiger partial charge in [0, 0.05) is 25.7 Å². The molecule has 17 nitrogen and oxygen atoms in total. The molecule has 0 aromatic rings. The number of phosphoric ester groups is 2. The van der Waals surface area contributed by atoms with Gasteiger partial charge in [-0.3, -0.25) is 37.3 Å². The van der Waals surface area contributed by atoms with Gasteiger partial charge < -0.3 is 33.8 Å². The Hall–Kier alpha value is -1.94. The standard InChI is InChI=1S/C82H160O17P2/c1-8-10-11-12-13-14-25-35-42-49-56-63-79(84)92-69-78(99-82(87)66-59-52-45-38-31-30-34-41-48-55-62-75(7)9-2)72-97-101(90,91)95-68-76(83)67-94-100(88,89)96-71-77(70-93-80(85)64-57-50-43-36-28-24-23-27-33-40-47-54-61-74(5)6)98-81(86)65-58-51-44-37-29-22-20-18-16-15-17-19-21-26-32-39-46-53-60-73(3)4/h73-78,83H,8-72H2,1-7H3,(H,88,89)(H,90,91)/t75?,76-,77-,78-/m1/s1. The predicted octanol–water partition coefficient (Wildman–Crippen LogP) is 24.5. The quantitative estimate of drug-likeness (QED) is 0.0222. The molecule has 0 fully saturated rings. The first-order chi connectivity index (χ1) is 48.8. The van der Waals surface area contributed by atoms with Crippen molar-refractivity contribution in [1.82, 2.24) is 0 Å². The Morgan fingerprint density at radius 1 is 0.287 bits per heavy atom. The molecule has 0 saturated carbocycles. The molecule has 0 amide bonds. The third-order valence-electron chi connectivity index (χ3n) is 19.5. The van der Waals surface area contributed by atoms with Gasteiger partial charge in [-0.25, -0.2) is 9.13 Å². The third-order valence-corrected chi connectivity index (χ3v) is 21.4. The number of carbonyl (C=O) groups is 4. The summed E-state index contributed by atoms with van der Waals surface area (Å²) >= 11 is 0. The molecule has 0 aromatic carbocycles. The van der Waals surface area contributed by atoms with Crippen LogP contribution >= 0.6 is 15.6 Å². The van der Waals surface area contributed by atoms with Crippen molar-refractivity contribution in [3.05, 3.63) is 0 Å². The Morgan fingerprint density at radius 3 is 0.752 bits per heavy atom. The second-order valence-corrected chi connectivity index (χ2v) is 33.6. The second-order valence-electron chi connectivity index (χ2n) is 30.7. The SMILES string of the molecule is CCCCCCCCCCCCCC(=O)OC[C@H](COP(=O)(O)OC[C@H](O)COP(=O)(O)OC[C@@H](COC(=O)CCCCCCCCCCCCCCC(C)C)OC(=O)CCCCCCCCCCCCCCCCCCCCC(C)C)OC(=O)CCCCCCCCCCCCC(C)CC. The zero-order valence-corrected chi connectivity index (χ0v) is 68.2. The highest BCUT2D eigenvalue weighted by molar-refractivity contribution is 7.47. The minimum Gasteiger partial charge on any atom is -0.462 e. The Morgan fingerprint density at radius 2 is 0.505 bits per heavy atom. The van der Waals surface area contributed by atoms with E-state index in [0.717, 1.165) is 108 Å². The topological polar surface area (TPSA) is 237 Å². The number of rotatable bonds is 80. The van der Waals surface area contributed by atoms with Crippen LogP contribution in [-0.2, 0) is 65.4 Å². The summed E-state index contributed by atoms with van der Waals surface area (Å²) in [6.45, 7) is 12.0. The number of aliphatic hydroxyl groups is 1. The van der Waals surface area contributed by atoms with Crippen LogP contribution in [0.25, 0.3) is 0 Å². The van der Waals surface area contributed by atoms with Gasteiger partial charge in [0.2, 0.25) is 0 Å². The average Bonchev–Trinajstić information content (AvgIpc) is 0.919. The van der Waals surface area contributed by atoms with Crippen LogP contribution in [0, 0.1) is 17.8 Å². The van der Waals surface area contributed by atoms with E-state index >= 15 is 0 Å². The average molecular weight is 1480 g/mol. The molecule has 600 valence electrons. The van der Waals surface area contributed by atoms with Crippen molar-refractivity contribution < 1.29 is 80.2 Å². The lowest BCUT2D eigenvalue weighted by atomic mass is 9.99. The summed E-state index contributed by atoms with van der Waals surface area (Å²) in [6.07, 6.45) is 60.9. The smallest absolute Gasteiger partial charge is 0.462 e. The van der Waals surface area contributed by atoms with Gasteiger partial charge in [-0.2, -0.15) is 0 Å². The van der Waals surface area contributed by atoms with Crippen LogP contribution in [-0.4, -0.2) is 96.7 Å². The summed E-state index contributed by atoms with van der Waals surface area (Å²) in [5, 5.41) is 10.6. The van der Waals surface area contributed by atoms with Crippen molar-refractivity contribution in [2.75, 3.05) is 39.6 Å². The number of carbonyl (C=O) groups excluding carboxylic acids is 4. The van der Waals surface area contributed by atoms with Gasteiger partial charge in [0.15, 0.2) is 12.2 Å². The highest BCUT2D eigenvalue weighted by atomic mass is 31.2. The largest absolute Gasteiger partial charge is 0.472 e. The first-order valence-electron chi connectivity index (χ1n) is 42.4. The number of unbranched alkanes of at least 4 members (excludes halogenated alkanes) is 47. The summed E-state index contributed by atoms with van der Waals surface area (Å²) in [4.78, 5) is 73.1. The molecule has 0 heterocycles. The maximum Gasteiger partial charge on any atom is 0.472 e. The highest BCUT2D eigenvalue weighted by Crippen LogP contribution is 2.45. The zero-order valence-electron chi connectivity index (χ0n) is 66.4. The molecule has 0 radical (unpaired) electrons. The number of hydrogen-bond donors (Lipinski definition) is 3. The summed E-state index contributed by atoms with van der Waals surface area (Å²) < 4.78 is 68.8. The lowest BCUT2D eigenvalue weighted by Crippen LogP contribution is -2.30. The summed E-state index contributed by atoms with van der Waals surface area (Å²) in [5.74, 6) is 0.296. The van der Waals surface area contributed by atoms with Crippen molar-refractivity contribution in [3.63, 3.8) is 0 Å². The van der Waals surface area contributed by atoms with Gasteiger partial charge in [-0.1, -0.05) is 376 Å². The minimum atomic E-state index is -4.96. The molecule has 19 heteroatoms. The fraction of sp³-hybridized carbons (Fsp3) is 0.951. The number of esters is 4. The first-order valence-corrected chi connectivity index (χ1v) is 45.4. The van der Waals surface area contributed by atoms with E-state index in [0.29, 0.717) is 25.7 Å². The first kappa shape index (κ1) is 99.1. The number of ether oxygens (including phenoxy) is 4. The van der Waals surface area contributed by atoms with Crippen molar-refractivity contribution in [3.8, 4) is 0 Å². The lowest BCUT2D eigenvalue weighted by Gasteiger charge is -2.21. The molecule has 0 rings (SSSR count). The van der Waals surface area contributed by atoms with Crippen LogP contribution in [0.3, 0.4) is 0 Å². The summed E-state index contributed by atoms with van der Waals surface area (Å²) in [7, 11) is -9.92. The Bertz CT molecular complexity index is 1960. The molecule has 0 aliphatic heterocycles. The van der Waals surface area contributed by atoms with E-state index in [1.54, 1.807) is 0 Å². The van der Waals surface area contributed by atoms with Crippen LogP contribution in [0.5, 0.6) is 0 Å². The Balaban J connectivity index is 5.24. The fourth-order valence-electron chi connectivity index (χ4n) is 12.6. The molecule has 6 atom stereocenters. The van der Waals surface area contributed by atoms with E-state index in [-0.39, 0.29) is 25.7 Å². The van der Waals surface area contributed by atoms with Gasteiger partial charge in [0.05, 0.1) is 26.4 Å². The van der Waals surface area contributed by atoms with Crippen LogP contribution in [0.15, 0.2) is 0 Å². The Labute approximate surface area is 619 Å². The van der Waals surface area contributed by atoms with Crippen molar-refractivity contribution in [1.29, 1.82) is 0 Å². The molecule has 0 bridgehead atoms. The van der Waals surface area contributed by atoms with E-state index in [2.05, 4.69) is 48.5 Å². The molecule has 0 aliphatic rings. The number of hydrogen-bond acceptors (Lipinski definition) is 15. The van der Waals surface area contributed by atoms with Gasteiger partial charge in [0.1, 0.15) is 19.3 Å². The summed E-state index contributed by atoms with van der Waals surface area (Å²) in [6, 6.07) is 0. The maximum absolute atomic E-state index is 13.1. The van der Waals surface area contributed by atoms with E-state index in [1.165, 1.54) is 238 Å². The fourth-order valence-corrected chi connectivity index (χ4v) is 14.2. The molecule has 0 spiro atoms. The monoisotopic (exact) mass is 1480 g/mol. The van der Waals surface area contributed by atoms with E-state index in [1.807, 2.05) is 0 Å². The van der Waals surface area contributed by atoms with Crippen LogP contribution in [0.1, 0.15) is 427 Å². The van der Waals surface area contributed by atoms with Crippen molar-refractivity contribution in [2.45, 2.75) is 446 Å². The normalized spacial score (nSPS) is 14.2. The third kappa shape index (κ3) is 74.7. The number of aliphatic hydroxyl groups excluding tert-OH is 1. The van der Waals surface area contributed by atoms with Gasteiger partial charge in [0.25, 0.3) is 0 Å². The molecular weight excluding hydrogens is 1320 g/mol. The molecule has 0 saturated heterocycles. The van der Waals surface area contributed by atoms with Gasteiger partial charge in [-0.15, -0.1) is 0 Å².